The monoisotopic (exact) mass is 425 g/mol. The minimum atomic E-state index is -1.16. The van der Waals surface area contributed by atoms with E-state index >= 15 is 0 Å². The Hall–Kier alpha value is -2.96. The Bertz CT molecular complexity index is 986. The van der Waals surface area contributed by atoms with E-state index in [2.05, 4.69) is 4.98 Å². The molecular formula is C24H28FN3O3. The average Bonchev–Trinajstić information content (AvgIpc) is 2.82. The van der Waals surface area contributed by atoms with Gasteiger partial charge in [0.25, 0.3) is 5.91 Å². The molecule has 1 saturated heterocycles. The van der Waals surface area contributed by atoms with Gasteiger partial charge >= 0.3 is 0 Å². The fourth-order valence-electron chi connectivity index (χ4n) is 4.30. The topological polar surface area (TPSA) is 62.7 Å². The van der Waals surface area contributed by atoms with Gasteiger partial charge in [0.15, 0.2) is 11.6 Å². The predicted molar refractivity (Wildman–Crippen MR) is 117 cm³/mol. The van der Waals surface area contributed by atoms with Crippen molar-refractivity contribution in [1.82, 2.24) is 9.88 Å². The number of hydrogen-bond acceptors (Lipinski definition) is 5. The Morgan fingerprint density at radius 3 is 2.68 bits per heavy atom. The van der Waals surface area contributed by atoms with Crippen LogP contribution >= 0.6 is 0 Å². The van der Waals surface area contributed by atoms with Crippen molar-refractivity contribution in [2.45, 2.75) is 45.2 Å². The number of hydrogen-bond donors (Lipinski definition) is 0. The minimum absolute atomic E-state index is 0.141. The van der Waals surface area contributed by atoms with Gasteiger partial charge in [0.1, 0.15) is 18.6 Å². The summed E-state index contributed by atoms with van der Waals surface area (Å²) in [6, 6.07) is 7.47. The second-order valence-corrected chi connectivity index (χ2v) is 8.20. The normalized spacial score (nSPS) is 17.6. The van der Waals surface area contributed by atoms with Crippen LogP contribution in [0.15, 0.2) is 30.5 Å². The highest BCUT2D eigenvalue weighted by molar-refractivity contribution is 5.95. The lowest BCUT2D eigenvalue weighted by atomic mass is 9.90. The third-order valence-electron chi connectivity index (χ3n) is 6.43. The number of anilines is 2. The fourth-order valence-corrected chi connectivity index (χ4v) is 4.30. The number of aldehydes is 1. The number of piperidine rings is 1. The zero-order chi connectivity index (χ0) is 22.0. The van der Waals surface area contributed by atoms with Crippen LogP contribution in [0.4, 0.5) is 15.9 Å². The number of carbonyl (C=O) groups excluding carboxylic acids is 2. The molecule has 0 saturated carbocycles. The van der Waals surface area contributed by atoms with Gasteiger partial charge in [0.05, 0.1) is 12.1 Å². The van der Waals surface area contributed by atoms with Gasteiger partial charge in [-0.3, -0.25) is 9.59 Å². The Morgan fingerprint density at radius 2 is 2.00 bits per heavy atom. The maximum absolute atomic E-state index is 14.5. The Balaban J connectivity index is 1.56. The summed E-state index contributed by atoms with van der Waals surface area (Å²) in [5.74, 6) is 1.06. The summed E-state index contributed by atoms with van der Waals surface area (Å²) in [4.78, 5) is 32.5. The Labute approximate surface area is 182 Å². The summed E-state index contributed by atoms with van der Waals surface area (Å²) in [5.41, 5.74) is 1.90. The smallest absolute Gasteiger partial charge is 0.255 e. The molecule has 164 valence electrons. The van der Waals surface area contributed by atoms with E-state index in [0.717, 1.165) is 24.0 Å². The number of aryl methyl sites for hydroxylation is 1. The molecule has 1 fully saturated rings. The molecule has 2 aliphatic heterocycles. The quantitative estimate of drug-likeness (QED) is 0.667. The first-order valence-electron chi connectivity index (χ1n) is 10.9. The number of carbonyl (C=O) groups is 2. The SMILES string of the molecule is CCc1cc(N2CCOc3cc(C(=O)N4CCC(F)(CC)CC4)cnc32)ccc1C=O. The van der Waals surface area contributed by atoms with Crippen LogP contribution in [0, 0.1) is 0 Å². The van der Waals surface area contributed by atoms with E-state index in [-0.39, 0.29) is 5.91 Å². The van der Waals surface area contributed by atoms with Crippen LogP contribution in [0.1, 0.15) is 59.4 Å². The molecule has 2 aromatic rings. The standard InChI is InChI=1S/C24H28FN3O3/c1-3-17-13-20(6-5-18(17)16-29)28-11-12-31-21-14-19(15-26-22(21)28)23(30)27-9-7-24(25,4-2)8-10-27/h5-6,13-16H,3-4,7-12H2,1-2H3. The van der Waals surface area contributed by atoms with Crippen molar-refractivity contribution < 1.29 is 18.7 Å². The summed E-state index contributed by atoms with van der Waals surface area (Å²) in [6.07, 6.45) is 4.42. The first kappa shape index (κ1) is 21.3. The molecule has 1 aromatic carbocycles. The Morgan fingerprint density at radius 1 is 1.23 bits per heavy atom. The molecule has 1 aromatic heterocycles. The summed E-state index contributed by atoms with van der Waals surface area (Å²) >= 11 is 0. The van der Waals surface area contributed by atoms with Gasteiger partial charge in [0.2, 0.25) is 0 Å². The molecule has 3 heterocycles. The molecule has 2 aliphatic rings. The number of likely N-dealkylation sites (tertiary alicyclic amines) is 1. The zero-order valence-corrected chi connectivity index (χ0v) is 18.1. The van der Waals surface area contributed by atoms with Crippen molar-refractivity contribution >= 4 is 23.7 Å². The number of aromatic nitrogens is 1. The number of amides is 1. The van der Waals surface area contributed by atoms with Gasteiger partial charge < -0.3 is 14.5 Å². The van der Waals surface area contributed by atoms with Crippen molar-refractivity contribution in [3.63, 3.8) is 0 Å². The molecule has 0 unspecified atom stereocenters. The molecule has 0 radical (unpaired) electrons. The number of fused-ring (bicyclic) bond motifs is 1. The maximum Gasteiger partial charge on any atom is 0.255 e. The molecule has 0 bridgehead atoms. The van der Waals surface area contributed by atoms with Crippen LogP contribution < -0.4 is 9.64 Å². The second kappa shape index (κ2) is 8.65. The maximum atomic E-state index is 14.5. The summed E-state index contributed by atoms with van der Waals surface area (Å²) in [6.45, 7) is 5.78. The summed E-state index contributed by atoms with van der Waals surface area (Å²) in [7, 11) is 0. The first-order chi connectivity index (χ1) is 15.0. The van der Waals surface area contributed by atoms with E-state index in [1.165, 1.54) is 0 Å². The van der Waals surface area contributed by atoms with Gasteiger partial charge in [-0.15, -0.1) is 0 Å². The third-order valence-corrected chi connectivity index (χ3v) is 6.43. The van der Waals surface area contributed by atoms with E-state index in [9.17, 15) is 14.0 Å². The first-order valence-corrected chi connectivity index (χ1v) is 10.9. The minimum Gasteiger partial charge on any atom is -0.488 e. The molecule has 0 aliphatic carbocycles. The van der Waals surface area contributed by atoms with Crippen molar-refractivity contribution in [2.75, 3.05) is 31.1 Å². The largest absolute Gasteiger partial charge is 0.488 e. The number of rotatable bonds is 5. The van der Waals surface area contributed by atoms with E-state index in [1.807, 2.05) is 36.9 Å². The van der Waals surface area contributed by atoms with Gasteiger partial charge in [-0.05, 0) is 55.5 Å². The van der Waals surface area contributed by atoms with E-state index in [1.54, 1.807) is 17.2 Å². The molecule has 7 heteroatoms. The molecular weight excluding hydrogens is 397 g/mol. The molecule has 1 amide bonds. The van der Waals surface area contributed by atoms with Crippen LogP contribution in [0.25, 0.3) is 0 Å². The van der Waals surface area contributed by atoms with Crippen molar-refractivity contribution in [2.24, 2.45) is 0 Å². The molecule has 0 spiro atoms. The van der Waals surface area contributed by atoms with Crippen LogP contribution in [0.5, 0.6) is 5.75 Å². The lowest BCUT2D eigenvalue weighted by Crippen LogP contribution is -2.44. The fraction of sp³-hybridized carbons (Fsp3) is 0.458. The van der Waals surface area contributed by atoms with Gasteiger partial charge in [-0.1, -0.05) is 13.8 Å². The number of benzene rings is 1. The molecule has 0 atom stereocenters. The molecule has 6 nitrogen and oxygen atoms in total. The van der Waals surface area contributed by atoms with Crippen LogP contribution in [0.3, 0.4) is 0 Å². The molecule has 4 rings (SSSR count). The highest BCUT2D eigenvalue weighted by atomic mass is 19.1. The van der Waals surface area contributed by atoms with Gasteiger partial charge in [-0.2, -0.15) is 0 Å². The predicted octanol–water partition coefficient (Wildman–Crippen LogP) is 4.34. The van der Waals surface area contributed by atoms with E-state index in [0.29, 0.717) is 68.2 Å². The van der Waals surface area contributed by atoms with Crippen LogP contribution in [0.2, 0.25) is 0 Å². The highest BCUT2D eigenvalue weighted by Gasteiger charge is 2.35. The average molecular weight is 426 g/mol. The molecule has 31 heavy (non-hydrogen) atoms. The van der Waals surface area contributed by atoms with Crippen molar-refractivity contribution in [3.05, 3.63) is 47.2 Å². The van der Waals surface area contributed by atoms with E-state index in [4.69, 9.17) is 4.74 Å². The number of ether oxygens (including phenoxy) is 1. The lowest BCUT2D eigenvalue weighted by molar-refractivity contribution is 0.0419. The van der Waals surface area contributed by atoms with E-state index < -0.39 is 5.67 Å². The third kappa shape index (κ3) is 4.13. The lowest BCUT2D eigenvalue weighted by Gasteiger charge is -2.36. The number of pyridine rings is 1. The van der Waals surface area contributed by atoms with Crippen molar-refractivity contribution in [3.8, 4) is 5.75 Å². The Kier molecular flexibility index (Phi) is 5.94. The number of alkyl halides is 1. The summed E-state index contributed by atoms with van der Waals surface area (Å²) < 4.78 is 20.3. The second-order valence-electron chi connectivity index (χ2n) is 8.20. The number of halogens is 1. The van der Waals surface area contributed by atoms with Crippen LogP contribution in [-0.4, -0.2) is 54.0 Å². The van der Waals surface area contributed by atoms with Gasteiger partial charge in [-0.25, -0.2) is 9.37 Å². The zero-order valence-electron chi connectivity index (χ0n) is 18.1. The van der Waals surface area contributed by atoms with Crippen LogP contribution in [-0.2, 0) is 6.42 Å². The van der Waals surface area contributed by atoms with Crippen molar-refractivity contribution in [1.29, 1.82) is 0 Å². The number of nitrogens with zero attached hydrogens (tertiary/aromatic N) is 3. The summed E-state index contributed by atoms with van der Waals surface area (Å²) in [5, 5.41) is 0. The highest BCUT2D eigenvalue weighted by Crippen LogP contribution is 2.36. The molecule has 0 N–H and O–H groups in total. The van der Waals surface area contributed by atoms with Gasteiger partial charge in [0, 0.05) is 30.5 Å².